The van der Waals surface area contributed by atoms with E-state index in [4.69, 9.17) is 10.00 Å². The second-order valence-electron chi connectivity index (χ2n) is 3.90. The molecule has 0 unspecified atom stereocenters. The van der Waals surface area contributed by atoms with Gasteiger partial charge < -0.3 is 4.74 Å². The van der Waals surface area contributed by atoms with Crippen LogP contribution in [0.25, 0.3) is 0 Å². The summed E-state index contributed by atoms with van der Waals surface area (Å²) in [5.74, 6) is 0.589. The van der Waals surface area contributed by atoms with E-state index in [0.717, 1.165) is 32.7 Å². The van der Waals surface area contributed by atoms with Gasteiger partial charge in [0, 0.05) is 13.2 Å². The van der Waals surface area contributed by atoms with Gasteiger partial charge >= 0.3 is 0 Å². The molecule has 0 spiro atoms. The van der Waals surface area contributed by atoms with Gasteiger partial charge in [-0.1, -0.05) is 20.8 Å². The molecule has 0 aromatic heterocycles. The monoisotopic (exact) mass is 198 g/mol. The van der Waals surface area contributed by atoms with Crippen LogP contribution in [0.3, 0.4) is 0 Å². The summed E-state index contributed by atoms with van der Waals surface area (Å²) < 4.78 is 5.47. The molecular formula is C11H22N2O. The van der Waals surface area contributed by atoms with Crippen molar-refractivity contribution in [3.63, 3.8) is 0 Å². The average Bonchev–Trinajstić information content (AvgIpc) is 2.12. The molecule has 0 fully saturated rings. The molecule has 0 heterocycles. The quantitative estimate of drug-likeness (QED) is 0.441. The van der Waals surface area contributed by atoms with Crippen molar-refractivity contribution in [3.8, 4) is 6.07 Å². The number of hydrogen-bond acceptors (Lipinski definition) is 3. The zero-order valence-corrected chi connectivity index (χ0v) is 9.62. The second-order valence-corrected chi connectivity index (χ2v) is 3.90. The Kier molecular flexibility index (Phi) is 8.61. The van der Waals surface area contributed by atoms with Crippen molar-refractivity contribution in [3.05, 3.63) is 0 Å². The van der Waals surface area contributed by atoms with E-state index in [2.05, 4.69) is 31.7 Å². The normalized spacial score (nSPS) is 10.9. The molecule has 0 aromatic rings. The molecule has 0 saturated heterocycles. The van der Waals surface area contributed by atoms with Gasteiger partial charge in [-0.05, 0) is 18.9 Å². The molecule has 82 valence electrons. The minimum atomic E-state index is 0.513. The molecule has 0 aliphatic rings. The molecule has 0 aliphatic heterocycles. The summed E-state index contributed by atoms with van der Waals surface area (Å²) in [6.45, 7) is 10.3. The van der Waals surface area contributed by atoms with Crippen molar-refractivity contribution in [2.45, 2.75) is 27.2 Å². The Morgan fingerprint density at radius 1 is 1.36 bits per heavy atom. The van der Waals surface area contributed by atoms with Crippen molar-refractivity contribution in [2.75, 3.05) is 32.8 Å². The Morgan fingerprint density at radius 3 is 2.57 bits per heavy atom. The molecule has 0 amide bonds. The molecule has 0 aliphatic carbocycles. The highest BCUT2D eigenvalue weighted by Crippen LogP contribution is 1.94. The maximum atomic E-state index is 8.58. The van der Waals surface area contributed by atoms with Crippen LogP contribution in [0.5, 0.6) is 0 Å². The Bertz CT molecular complexity index is 163. The SMILES string of the molecule is CCCN(CC#N)CCOCC(C)C. The summed E-state index contributed by atoms with van der Waals surface area (Å²) in [5, 5.41) is 8.58. The van der Waals surface area contributed by atoms with E-state index >= 15 is 0 Å². The van der Waals surface area contributed by atoms with E-state index in [1.54, 1.807) is 0 Å². The first kappa shape index (κ1) is 13.4. The van der Waals surface area contributed by atoms with Crippen molar-refractivity contribution >= 4 is 0 Å². The average molecular weight is 198 g/mol. The predicted molar refractivity (Wildman–Crippen MR) is 58.0 cm³/mol. The predicted octanol–water partition coefficient (Wildman–Crippen LogP) is 1.89. The lowest BCUT2D eigenvalue weighted by molar-refractivity contribution is 0.0886. The molecular weight excluding hydrogens is 176 g/mol. The third-order valence-electron chi connectivity index (χ3n) is 1.84. The van der Waals surface area contributed by atoms with Gasteiger partial charge in [0.15, 0.2) is 0 Å². The first-order chi connectivity index (χ1) is 6.70. The van der Waals surface area contributed by atoms with Crippen LogP contribution in [-0.4, -0.2) is 37.7 Å². The van der Waals surface area contributed by atoms with Gasteiger partial charge in [-0.3, -0.25) is 4.90 Å². The molecule has 14 heavy (non-hydrogen) atoms. The second kappa shape index (κ2) is 8.98. The van der Waals surface area contributed by atoms with Crippen LogP contribution in [0.2, 0.25) is 0 Å². The third kappa shape index (κ3) is 8.03. The maximum absolute atomic E-state index is 8.58. The first-order valence-corrected chi connectivity index (χ1v) is 5.37. The fraction of sp³-hybridized carbons (Fsp3) is 0.909. The minimum Gasteiger partial charge on any atom is -0.380 e. The van der Waals surface area contributed by atoms with Crippen molar-refractivity contribution in [1.29, 1.82) is 5.26 Å². The zero-order chi connectivity index (χ0) is 10.8. The molecule has 3 nitrogen and oxygen atoms in total. The van der Waals surface area contributed by atoms with Crippen LogP contribution in [-0.2, 0) is 4.74 Å². The van der Waals surface area contributed by atoms with Crippen molar-refractivity contribution in [2.24, 2.45) is 5.92 Å². The van der Waals surface area contributed by atoms with E-state index in [1.165, 1.54) is 0 Å². The third-order valence-corrected chi connectivity index (χ3v) is 1.84. The highest BCUT2D eigenvalue weighted by atomic mass is 16.5. The number of hydrogen-bond donors (Lipinski definition) is 0. The maximum Gasteiger partial charge on any atom is 0.0866 e. The molecule has 0 N–H and O–H groups in total. The summed E-state index contributed by atoms with van der Waals surface area (Å²) in [4.78, 5) is 2.13. The fourth-order valence-corrected chi connectivity index (χ4v) is 1.20. The summed E-state index contributed by atoms with van der Waals surface area (Å²) in [7, 11) is 0. The lowest BCUT2D eigenvalue weighted by Crippen LogP contribution is -2.29. The molecule has 0 radical (unpaired) electrons. The summed E-state index contributed by atoms with van der Waals surface area (Å²) in [6, 6.07) is 2.17. The molecule has 3 heteroatoms. The fourth-order valence-electron chi connectivity index (χ4n) is 1.20. The Balaban J connectivity index is 3.46. The first-order valence-electron chi connectivity index (χ1n) is 5.37. The van der Waals surface area contributed by atoms with Crippen molar-refractivity contribution < 1.29 is 4.74 Å². The van der Waals surface area contributed by atoms with Gasteiger partial charge in [0.05, 0.1) is 19.2 Å². The topological polar surface area (TPSA) is 36.3 Å². The van der Waals surface area contributed by atoms with Crippen LogP contribution in [0.4, 0.5) is 0 Å². The highest BCUT2D eigenvalue weighted by Gasteiger charge is 2.02. The van der Waals surface area contributed by atoms with Crippen LogP contribution in [0.15, 0.2) is 0 Å². The Labute approximate surface area is 87.7 Å². The molecule has 0 atom stereocenters. The standard InChI is InChI=1S/C11H22N2O/c1-4-6-13(7-5-12)8-9-14-10-11(2)3/h11H,4,6-10H2,1-3H3. The van der Waals surface area contributed by atoms with Crippen LogP contribution >= 0.6 is 0 Å². The Hall–Kier alpha value is -0.590. The largest absolute Gasteiger partial charge is 0.380 e. The smallest absolute Gasteiger partial charge is 0.0866 e. The lowest BCUT2D eigenvalue weighted by atomic mass is 10.2. The zero-order valence-electron chi connectivity index (χ0n) is 9.62. The number of nitrogens with zero attached hydrogens (tertiary/aromatic N) is 2. The summed E-state index contributed by atoms with van der Waals surface area (Å²) in [6.07, 6.45) is 1.09. The van der Waals surface area contributed by atoms with Gasteiger partial charge in [-0.2, -0.15) is 5.26 Å². The van der Waals surface area contributed by atoms with E-state index in [-0.39, 0.29) is 0 Å². The van der Waals surface area contributed by atoms with Gasteiger partial charge in [-0.25, -0.2) is 0 Å². The molecule has 0 saturated carbocycles. The van der Waals surface area contributed by atoms with E-state index in [1.807, 2.05) is 0 Å². The Morgan fingerprint density at radius 2 is 2.07 bits per heavy atom. The number of ether oxygens (including phenoxy) is 1. The van der Waals surface area contributed by atoms with Crippen molar-refractivity contribution in [1.82, 2.24) is 4.90 Å². The van der Waals surface area contributed by atoms with E-state index < -0.39 is 0 Å². The highest BCUT2D eigenvalue weighted by molar-refractivity contribution is 4.75. The number of rotatable bonds is 8. The molecule has 0 rings (SSSR count). The van der Waals surface area contributed by atoms with Crippen LogP contribution in [0, 0.1) is 17.2 Å². The van der Waals surface area contributed by atoms with E-state index in [0.29, 0.717) is 12.5 Å². The van der Waals surface area contributed by atoms with Crippen LogP contribution in [0.1, 0.15) is 27.2 Å². The van der Waals surface area contributed by atoms with Gasteiger partial charge in [0.25, 0.3) is 0 Å². The summed E-state index contributed by atoms with van der Waals surface area (Å²) >= 11 is 0. The lowest BCUT2D eigenvalue weighted by Gasteiger charge is -2.18. The van der Waals surface area contributed by atoms with Gasteiger partial charge in [0.2, 0.25) is 0 Å². The van der Waals surface area contributed by atoms with Crippen LogP contribution < -0.4 is 0 Å². The summed E-state index contributed by atoms with van der Waals surface area (Å²) in [5.41, 5.74) is 0. The molecule has 0 bridgehead atoms. The van der Waals surface area contributed by atoms with E-state index in [9.17, 15) is 0 Å². The van der Waals surface area contributed by atoms with Gasteiger partial charge in [0.1, 0.15) is 0 Å². The minimum absolute atomic E-state index is 0.513. The number of nitriles is 1. The van der Waals surface area contributed by atoms with Gasteiger partial charge in [-0.15, -0.1) is 0 Å². The molecule has 0 aromatic carbocycles.